The normalized spacial score (nSPS) is 31.8. The van der Waals surface area contributed by atoms with Crippen molar-refractivity contribution in [3.8, 4) is 0 Å². The van der Waals surface area contributed by atoms with Gasteiger partial charge in [-0.15, -0.1) is 0 Å². The van der Waals surface area contributed by atoms with E-state index in [-0.39, 0.29) is 30.8 Å². The molecule has 0 aromatic heterocycles. The van der Waals surface area contributed by atoms with E-state index in [1.807, 2.05) is 13.8 Å². The molecule has 5 atom stereocenters. The Hall–Kier alpha value is -1.68. The van der Waals surface area contributed by atoms with E-state index in [4.69, 9.17) is 0 Å². The summed E-state index contributed by atoms with van der Waals surface area (Å²) in [6.07, 6.45) is 1.78. The van der Waals surface area contributed by atoms with Crippen molar-refractivity contribution in [1.29, 1.82) is 0 Å². The molecule has 0 aliphatic carbocycles. The first-order valence-corrected chi connectivity index (χ1v) is 11.8. The second-order valence-electron chi connectivity index (χ2n) is 8.88. The number of rotatable bonds is 6. The van der Waals surface area contributed by atoms with Crippen molar-refractivity contribution in [2.75, 3.05) is 13.2 Å². The Kier molecular flexibility index (Phi) is 5.72. The summed E-state index contributed by atoms with van der Waals surface area (Å²) in [6.45, 7) is 7.00. The van der Waals surface area contributed by atoms with Gasteiger partial charge in [0, 0.05) is 6.54 Å². The highest BCUT2D eigenvalue weighted by Gasteiger charge is 2.68. The van der Waals surface area contributed by atoms with Crippen LogP contribution in [-0.2, 0) is 24.2 Å². The number of aliphatic hydroxyl groups excluding tert-OH is 1. The summed E-state index contributed by atoms with van der Waals surface area (Å²) in [7, 11) is -3.67. The van der Waals surface area contributed by atoms with E-state index in [1.54, 1.807) is 0 Å². The van der Waals surface area contributed by atoms with Crippen LogP contribution in [0.5, 0.6) is 0 Å². The topological polar surface area (TPSA) is 124 Å². The Labute approximate surface area is 171 Å². The Morgan fingerprint density at radius 1 is 1.34 bits per heavy atom. The number of amides is 3. The number of aliphatic hydroxyl groups is 1. The monoisotopic (exact) mass is 429 g/mol. The molecular formula is C19H31N3O6S. The zero-order valence-electron chi connectivity index (χ0n) is 17.4. The number of hydrogen-bond donors (Lipinski definition) is 2. The van der Waals surface area contributed by atoms with Gasteiger partial charge in [-0.1, -0.05) is 20.3 Å². The van der Waals surface area contributed by atoms with E-state index >= 15 is 0 Å². The minimum atomic E-state index is -3.67. The molecule has 2 N–H and O–H groups in total. The van der Waals surface area contributed by atoms with E-state index in [2.05, 4.69) is 5.32 Å². The van der Waals surface area contributed by atoms with Gasteiger partial charge in [0.2, 0.25) is 17.7 Å². The minimum absolute atomic E-state index is 0.0767. The van der Waals surface area contributed by atoms with E-state index in [0.717, 1.165) is 6.42 Å². The van der Waals surface area contributed by atoms with Crippen molar-refractivity contribution in [2.45, 2.75) is 81.6 Å². The van der Waals surface area contributed by atoms with Crippen LogP contribution in [0.2, 0.25) is 0 Å². The van der Waals surface area contributed by atoms with Gasteiger partial charge in [-0.2, -0.15) is 0 Å². The fourth-order valence-electron chi connectivity index (χ4n) is 4.62. The number of carbonyl (C=O) groups excluding carboxylic acids is 3. The quantitative estimate of drug-likeness (QED) is 0.556. The molecule has 10 heteroatoms. The van der Waals surface area contributed by atoms with Crippen molar-refractivity contribution >= 4 is 27.6 Å². The number of likely N-dealkylation sites (tertiary alicyclic amines) is 1. The number of nitrogens with one attached hydrogen (secondary N) is 1. The first-order chi connectivity index (χ1) is 13.5. The fourth-order valence-corrected chi connectivity index (χ4v) is 6.75. The maximum atomic E-state index is 13.4. The molecule has 0 saturated carbocycles. The predicted molar refractivity (Wildman–Crippen MR) is 105 cm³/mol. The molecule has 3 aliphatic rings. The van der Waals surface area contributed by atoms with E-state index in [9.17, 15) is 27.9 Å². The van der Waals surface area contributed by atoms with Crippen LogP contribution in [-0.4, -0.2) is 82.4 Å². The Bertz CT molecular complexity index is 811. The van der Waals surface area contributed by atoms with Crippen molar-refractivity contribution < 1.29 is 27.9 Å². The lowest BCUT2D eigenvalue weighted by molar-refractivity contribution is -0.155. The summed E-state index contributed by atoms with van der Waals surface area (Å²) in [5.74, 6) is -1.11. The highest BCUT2D eigenvalue weighted by atomic mass is 32.2. The smallest absolute Gasteiger partial charge is 0.247 e. The molecule has 3 saturated heterocycles. The number of carbonyl (C=O) groups is 3. The van der Waals surface area contributed by atoms with Crippen LogP contribution in [0.1, 0.15) is 53.4 Å². The predicted octanol–water partition coefficient (Wildman–Crippen LogP) is -0.365. The molecule has 0 spiro atoms. The van der Waals surface area contributed by atoms with E-state index in [1.165, 1.54) is 23.6 Å². The maximum Gasteiger partial charge on any atom is 0.247 e. The summed E-state index contributed by atoms with van der Waals surface area (Å²) >= 11 is 0. The van der Waals surface area contributed by atoms with Crippen LogP contribution in [0, 0.1) is 5.92 Å². The van der Waals surface area contributed by atoms with Crippen LogP contribution in [0.3, 0.4) is 0 Å². The fraction of sp³-hybridized carbons (Fsp3) is 0.842. The Morgan fingerprint density at radius 2 is 2.00 bits per heavy atom. The summed E-state index contributed by atoms with van der Waals surface area (Å²) in [5, 5.41) is 11.5. The average molecular weight is 430 g/mol. The molecule has 3 aliphatic heterocycles. The lowest BCUT2D eigenvalue weighted by Gasteiger charge is -2.39. The first kappa shape index (κ1) is 22.0. The number of β-lactam (4-membered cyclic amide) rings is 1. The van der Waals surface area contributed by atoms with Crippen LogP contribution in [0.15, 0.2) is 0 Å². The lowest BCUT2D eigenvalue weighted by Crippen LogP contribution is -2.62. The third-order valence-corrected chi connectivity index (χ3v) is 9.70. The molecule has 0 aromatic rings. The van der Waals surface area contributed by atoms with Gasteiger partial charge in [-0.25, -0.2) is 8.42 Å². The highest BCUT2D eigenvalue weighted by molar-refractivity contribution is 7.93. The van der Waals surface area contributed by atoms with Gasteiger partial charge in [0.1, 0.15) is 17.5 Å². The van der Waals surface area contributed by atoms with Gasteiger partial charge < -0.3 is 20.2 Å². The van der Waals surface area contributed by atoms with E-state index < -0.39 is 44.0 Å². The van der Waals surface area contributed by atoms with E-state index in [0.29, 0.717) is 19.4 Å². The highest BCUT2D eigenvalue weighted by Crippen LogP contribution is 2.46. The molecule has 3 amide bonds. The van der Waals surface area contributed by atoms with Crippen LogP contribution in [0.4, 0.5) is 0 Å². The van der Waals surface area contributed by atoms with Gasteiger partial charge in [-0.05, 0) is 32.6 Å². The van der Waals surface area contributed by atoms with Crippen LogP contribution < -0.4 is 5.32 Å². The molecule has 0 radical (unpaired) electrons. The molecule has 3 heterocycles. The average Bonchev–Trinajstić information content (AvgIpc) is 3.19. The molecule has 29 heavy (non-hydrogen) atoms. The first-order valence-electron chi connectivity index (χ1n) is 10.2. The Balaban J connectivity index is 1.81. The number of fused-ring (bicyclic) bond motifs is 1. The molecule has 0 aromatic carbocycles. The van der Waals surface area contributed by atoms with Crippen molar-refractivity contribution in [3.63, 3.8) is 0 Å². The van der Waals surface area contributed by atoms with Crippen molar-refractivity contribution in [3.05, 3.63) is 0 Å². The maximum absolute atomic E-state index is 13.4. The second-order valence-corrected chi connectivity index (χ2v) is 11.6. The molecule has 0 bridgehead atoms. The second kappa shape index (κ2) is 7.54. The summed E-state index contributed by atoms with van der Waals surface area (Å²) < 4.78 is 24.2. The van der Waals surface area contributed by atoms with Gasteiger partial charge >= 0.3 is 0 Å². The summed E-state index contributed by atoms with van der Waals surface area (Å²) in [4.78, 5) is 41.0. The molecule has 3 fully saturated rings. The van der Waals surface area contributed by atoms with Gasteiger partial charge in [0.25, 0.3) is 0 Å². The lowest BCUT2D eigenvalue weighted by atomic mass is 9.96. The van der Waals surface area contributed by atoms with Crippen molar-refractivity contribution in [1.82, 2.24) is 15.1 Å². The van der Waals surface area contributed by atoms with Crippen LogP contribution in [0.25, 0.3) is 0 Å². The largest absolute Gasteiger partial charge is 0.394 e. The number of nitrogens with zero attached hydrogens (tertiary/aromatic N) is 2. The van der Waals surface area contributed by atoms with Gasteiger partial charge in [-0.3, -0.25) is 14.4 Å². The van der Waals surface area contributed by atoms with Crippen LogP contribution >= 0.6 is 0 Å². The summed E-state index contributed by atoms with van der Waals surface area (Å²) in [6, 6.07) is -2.25. The Morgan fingerprint density at radius 3 is 2.55 bits per heavy atom. The molecule has 164 valence electrons. The van der Waals surface area contributed by atoms with Gasteiger partial charge in [0.15, 0.2) is 9.84 Å². The van der Waals surface area contributed by atoms with Gasteiger partial charge in [0.05, 0.1) is 23.8 Å². The SMILES string of the molecule is CCC(C)C(CO)NC(=O)C1CCCN1C(=O)C1N2C(=O)CC2S(=O)(=O)C1(C)C. The zero-order chi connectivity index (χ0) is 21.7. The minimum Gasteiger partial charge on any atom is -0.394 e. The molecule has 5 unspecified atom stereocenters. The number of hydrogen-bond acceptors (Lipinski definition) is 6. The van der Waals surface area contributed by atoms with Crippen molar-refractivity contribution in [2.24, 2.45) is 5.92 Å². The standard InChI is InChI=1S/C19H31N3O6S/c1-5-11(2)12(10-23)20-17(25)13-7-6-8-21(13)18(26)16-19(3,4)29(27,28)15-9-14(24)22(15)16/h11-13,15-16,23H,5-10H2,1-4H3,(H,20,25). The third kappa shape index (κ3) is 3.24. The molecule has 3 rings (SSSR count). The summed E-state index contributed by atoms with van der Waals surface area (Å²) in [5.41, 5.74) is 0. The third-order valence-electron chi connectivity index (χ3n) is 6.90. The molecular weight excluding hydrogens is 398 g/mol. The zero-order valence-corrected chi connectivity index (χ0v) is 18.2. The number of sulfone groups is 1. The molecule has 9 nitrogen and oxygen atoms in total.